The van der Waals surface area contributed by atoms with Crippen molar-refractivity contribution in [3.8, 4) is 0 Å². The van der Waals surface area contributed by atoms with E-state index in [4.69, 9.17) is 15.2 Å². The number of anilines is 1. The number of nitrogens with zero attached hydrogens (tertiary/aromatic N) is 2. The SMILES string of the molecule is Nc1ccc(S(=O)(=O)C[C@@H]2CO[C@](CCc3ccc(F)cc3)(Cn3ccnc3)O2)cc1. The zero-order valence-corrected chi connectivity index (χ0v) is 17.7. The molecule has 2 aromatic carbocycles. The molecular weight excluding hydrogens is 421 g/mol. The Labute approximate surface area is 180 Å². The second kappa shape index (κ2) is 8.78. The molecule has 164 valence electrons. The molecule has 0 amide bonds. The highest BCUT2D eigenvalue weighted by Crippen LogP contribution is 2.32. The normalized spacial score (nSPS) is 21.4. The van der Waals surface area contributed by atoms with E-state index in [9.17, 15) is 12.8 Å². The van der Waals surface area contributed by atoms with E-state index >= 15 is 0 Å². The van der Waals surface area contributed by atoms with Crippen LogP contribution in [0.3, 0.4) is 0 Å². The third kappa shape index (κ3) is 5.30. The van der Waals surface area contributed by atoms with E-state index in [1.165, 1.54) is 24.3 Å². The Hall–Kier alpha value is -2.75. The van der Waals surface area contributed by atoms with Gasteiger partial charge in [0.05, 0.1) is 36.2 Å². The van der Waals surface area contributed by atoms with Crippen LogP contribution >= 0.6 is 0 Å². The van der Waals surface area contributed by atoms with E-state index in [0.717, 1.165) is 5.56 Å². The third-order valence-corrected chi connectivity index (χ3v) is 7.05. The van der Waals surface area contributed by atoms with Crippen LogP contribution in [0.1, 0.15) is 12.0 Å². The molecule has 2 heterocycles. The largest absolute Gasteiger partial charge is 0.399 e. The van der Waals surface area contributed by atoms with Gasteiger partial charge in [-0.25, -0.2) is 17.8 Å². The maximum absolute atomic E-state index is 13.2. The van der Waals surface area contributed by atoms with Crippen molar-refractivity contribution < 1.29 is 22.3 Å². The first-order valence-electron chi connectivity index (χ1n) is 9.94. The van der Waals surface area contributed by atoms with Crippen LogP contribution in [0.2, 0.25) is 0 Å². The average molecular weight is 446 g/mol. The van der Waals surface area contributed by atoms with Gasteiger partial charge in [0.2, 0.25) is 0 Å². The first-order valence-corrected chi connectivity index (χ1v) is 11.6. The summed E-state index contributed by atoms with van der Waals surface area (Å²) >= 11 is 0. The van der Waals surface area contributed by atoms with E-state index in [0.29, 0.717) is 25.1 Å². The van der Waals surface area contributed by atoms with Gasteiger partial charge < -0.3 is 19.8 Å². The molecule has 0 radical (unpaired) electrons. The van der Waals surface area contributed by atoms with Crippen LogP contribution in [0.4, 0.5) is 10.1 Å². The summed E-state index contributed by atoms with van der Waals surface area (Å²) in [6.07, 6.45) is 5.57. The minimum atomic E-state index is -3.57. The molecule has 31 heavy (non-hydrogen) atoms. The van der Waals surface area contributed by atoms with Crippen molar-refractivity contribution in [2.45, 2.75) is 36.2 Å². The van der Waals surface area contributed by atoms with Gasteiger partial charge in [0, 0.05) is 24.5 Å². The molecule has 2 atom stereocenters. The Morgan fingerprint density at radius 2 is 1.90 bits per heavy atom. The zero-order valence-electron chi connectivity index (χ0n) is 16.9. The van der Waals surface area contributed by atoms with Gasteiger partial charge in [0.15, 0.2) is 15.6 Å². The summed E-state index contributed by atoms with van der Waals surface area (Å²) in [5.74, 6) is -1.49. The smallest absolute Gasteiger partial charge is 0.187 e. The molecule has 0 bridgehead atoms. The molecule has 1 aromatic heterocycles. The highest BCUT2D eigenvalue weighted by Gasteiger charge is 2.43. The van der Waals surface area contributed by atoms with Crippen LogP contribution < -0.4 is 5.73 Å². The molecule has 0 unspecified atom stereocenters. The molecule has 7 nitrogen and oxygen atoms in total. The maximum Gasteiger partial charge on any atom is 0.187 e. The minimum Gasteiger partial charge on any atom is -0.399 e. The molecule has 0 aliphatic carbocycles. The molecule has 0 saturated carbocycles. The van der Waals surface area contributed by atoms with E-state index in [1.807, 2.05) is 4.57 Å². The maximum atomic E-state index is 13.2. The van der Waals surface area contributed by atoms with Gasteiger partial charge >= 0.3 is 0 Å². The van der Waals surface area contributed by atoms with Gasteiger partial charge in [-0.05, 0) is 48.4 Å². The summed E-state index contributed by atoms with van der Waals surface area (Å²) < 4.78 is 52.9. The van der Waals surface area contributed by atoms with Gasteiger partial charge in [-0.2, -0.15) is 0 Å². The predicted octanol–water partition coefficient (Wildman–Crippen LogP) is 2.82. The number of nitrogen functional groups attached to an aromatic ring is 1. The number of aryl methyl sites for hydroxylation is 1. The quantitative estimate of drug-likeness (QED) is 0.536. The lowest BCUT2D eigenvalue weighted by Crippen LogP contribution is -2.37. The third-order valence-electron chi connectivity index (χ3n) is 5.25. The van der Waals surface area contributed by atoms with Gasteiger partial charge in [0.1, 0.15) is 5.82 Å². The van der Waals surface area contributed by atoms with E-state index < -0.39 is 21.7 Å². The molecule has 9 heteroatoms. The summed E-state index contributed by atoms with van der Waals surface area (Å²) in [6, 6.07) is 12.4. The molecule has 0 spiro atoms. The monoisotopic (exact) mass is 445 g/mol. The Morgan fingerprint density at radius 3 is 2.58 bits per heavy atom. The highest BCUT2D eigenvalue weighted by molar-refractivity contribution is 7.91. The first-order chi connectivity index (χ1) is 14.8. The lowest BCUT2D eigenvalue weighted by molar-refractivity contribution is -0.180. The fourth-order valence-corrected chi connectivity index (χ4v) is 5.05. The molecule has 1 fully saturated rings. The summed E-state index contributed by atoms with van der Waals surface area (Å²) in [5, 5.41) is 0. The predicted molar refractivity (Wildman–Crippen MR) is 113 cm³/mol. The number of nitrogens with two attached hydrogens (primary N) is 1. The van der Waals surface area contributed by atoms with Crippen LogP contribution in [0, 0.1) is 5.82 Å². The van der Waals surface area contributed by atoms with Crippen molar-refractivity contribution >= 4 is 15.5 Å². The summed E-state index contributed by atoms with van der Waals surface area (Å²) in [4.78, 5) is 4.25. The number of hydrogen-bond donors (Lipinski definition) is 1. The van der Waals surface area contributed by atoms with E-state index in [1.54, 1.807) is 43.0 Å². The van der Waals surface area contributed by atoms with Gasteiger partial charge in [-0.1, -0.05) is 12.1 Å². The summed E-state index contributed by atoms with van der Waals surface area (Å²) in [5.41, 5.74) is 7.10. The van der Waals surface area contributed by atoms with Crippen molar-refractivity contribution in [3.05, 3.63) is 78.6 Å². The van der Waals surface area contributed by atoms with Gasteiger partial charge in [0.25, 0.3) is 0 Å². The lowest BCUT2D eigenvalue weighted by atomic mass is 10.0. The van der Waals surface area contributed by atoms with Gasteiger partial charge in [-0.15, -0.1) is 0 Å². The number of ether oxygens (including phenoxy) is 2. The minimum absolute atomic E-state index is 0.159. The fraction of sp³-hybridized carbons (Fsp3) is 0.318. The van der Waals surface area contributed by atoms with Crippen LogP contribution in [-0.4, -0.2) is 42.2 Å². The number of benzene rings is 2. The van der Waals surface area contributed by atoms with Crippen molar-refractivity contribution in [3.63, 3.8) is 0 Å². The number of sulfone groups is 1. The zero-order chi connectivity index (χ0) is 21.9. The van der Waals surface area contributed by atoms with Crippen LogP contribution in [0.15, 0.2) is 72.1 Å². The molecule has 1 aliphatic heterocycles. The van der Waals surface area contributed by atoms with Crippen molar-refractivity contribution in [2.24, 2.45) is 0 Å². The Bertz CT molecular complexity index is 1100. The number of halogens is 1. The Balaban J connectivity index is 1.48. The molecule has 2 N–H and O–H groups in total. The molecule has 1 saturated heterocycles. The highest BCUT2D eigenvalue weighted by atomic mass is 32.2. The number of rotatable bonds is 8. The Morgan fingerprint density at radius 1 is 1.16 bits per heavy atom. The summed E-state index contributed by atoms with van der Waals surface area (Å²) in [6.45, 7) is 0.527. The fourth-order valence-electron chi connectivity index (χ4n) is 3.65. The topological polar surface area (TPSA) is 96.4 Å². The molecule has 1 aliphatic rings. The van der Waals surface area contributed by atoms with Crippen molar-refractivity contribution in [2.75, 3.05) is 18.1 Å². The van der Waals surface area contributed by atoms with Crippen LogP contribution in [0.25, 0.3) is 0 Å². The van der Waals surface area contributed by atoms with Crippen molar-refractivity contribution in [1.82, 2.24) is 9.55 Å². The number of imidazole rings is 1. The van der Waals surface area contributed by atoms with Gasteiger partial charge in [-0.3, -0.25) is 0 Å². The van der Waals surface area contributed by atoms with E-state index in [2.05, 4.69) is 4.98 Å². The van der Waals surface area contributed by atoms with Crippen LogP contribution in [0.5, 0.6) is 0 Å². The van der Waals surface area contributed by atoms with E-state index in [-0.39, 0.29) is 23.1 Å². The Kier molecular flexibility index (Phi) is 6.08. The molecular formula is C22H24FN3O4S. The molecule has 4 rings (SSSR count). The van der Waals surface area contributed by atoms with Crippen molar-refractivity contribution in [1.29, 1.82) is 0 Å². The first kappa shape index (κ1) is 21.5. The lowest BCUT2D eigenvalue weighted by Gasteiger charge is -2.28. The second-order valence-electron chi connectivity index (χ2n) is 7.67. The number of hydrogen-bond acceptors (Lipinski definition) is 6. The standard InChI is InChI=1S/C22H24FN3O4S/c23-18-3-1-17(2-4-18)9-10-22(15-26-12-11-25-16-26)29-13-20(30-22)14-31(27,28)21-7-5-19(24)6-8-21/h1-8,11-12,16,20H,9-10,13-15,24H2/t20-,22-/m0/s1. The number of aromatic nitrogens is 2. The van der Waals surface area contributed by atoms with Crippen LogP contribution in [-0.2, 0) is 32.3 Å². The summed E-state index contributed by atoms with van der Waals surface area (Å²) in [7, 11) is -3.57. The second-order valence-corrected chi connectivity index (χ2v) is 9.71. The molecule has 3 aromatic rings. The average Bonchev–Trinajstić information content (AvgIpc) is 3.38.